The summed E-state index contributed by atoms with van der Waals surface area (Å²) >= 11 is 0. The molecule has 1 rings (SSSR count). The maximum Gasteiger partial charge on any atom is 0.410 e. The first-order valence-electron chi connectivity index (χ1n) is 6.95. The van der Waals surface area contributed by atoms with Gasteiger partial charge in [-0.05, 0) is 33.6 Å². The molecule has 0 aromatic rings. The Hall–Kier alpha value is -1.30. The lowest BCUT2D eigenvalue weighted by Gasteiger charge is -2.35. The van der Waals surface area contributed by atoms with E-state index in [4.69, 9.17) is 4.74 Å². The van der Waals surface area contributed by atoms with Crippen LogP contribution in [0.5, 0.6) is 0 Å². The third-order valence-electron chi connectivity index (χ3n) is 3.26. The molecule has 0 aliphatic carbocycles. The van der Waals surface area contributed by atoms with Crippen LogP contribution in [0.3, 0.4) is 0 Å². The quantitative estimate of drug-likeness (QED) is 0.797. The van der Waals surface area contributed by atoms with Gasteiger partial charge in [0.25, 0.3) is 0 Å². The lowest BCUT2D eigenvalue weighted by molar-refractivity contribution is -0.143. The number of rotatable bonds is 3. The highest BCUT2D eigenvalue weighted by atomic mass is 16.6. The van der Waals surface area contributed by atoms with Crippen LogP contribution in [0.4, 0.5) is 4.79 Å². The van der Waals surface area contributed by atoms with Gasteiger partial charge in [-0.1, -0.05) is 0 Å². The SMILES string of the molecule is COC(=O)C[C@H](O)C1CCCN(C(=O)OC(C)(C)C)C1. The fraction of sp³-hybridized carbons (Fsp3) is 0.857. The number of hydrogen-bond donors (Lipinski definition) is 1. The number of aliphatic hydroxyl groups excluding tert-OH is 1. The summed E-state index contributed by atoms with van der Waals surface area (Å²) in [5.74, 6) is -0.553. The van der Waals surface area contributed by atoms with Gasteiger partial charge < -0.3 is 19.5 Å². The number of piperidine rings is 1. The first-order chi connectivity index (χ1) is 9.23. The predicted octanol–water partition coefficient (Wildman–Crippen LogP) is 1.56. The molecule has 1 heterocycles. The van der Waals surface area contributed by atoms with Gasteiger partial charge in [-0.25, -0.2) is 4.79 Å². The van der Waals surface area contributed by atoms with Crippen molar-refractivity contribution in [3.05, 3.63) is 0 Å². The molecule has 2 atom stereocenters. The molecule has 1 amide bonds. The Morgan fingerprint density at radius 2 is 2.05 bits per heavy atom. The van der Waals surface area contributed by atoms with Crippen molar-refractivity contribution in [1.82, 2.24) is 4.90 Å². The second kappa shape index (κ2) is 6.92. The van der Waals surface area contributed by atoms with E-state index in [9.17, 15) is 14.7 Å². The molecule has 6 heteroatoms. The van der Waals surface area contributed by atoms with E-state index >= 15 is 0 Å². The third-order valence-corrected chi connectivity index (χ3v) is 3.26. The Balaban J connectivity index is 2.53. The number of carbonyl (C=O) groups excluding carboxylic acids is 2. The molecule has 1 aliphatic heterocycles. The molecular weight excluding hydrogens is 262 g/mol. The van der Waals surface area contributed by atoms with Crippen molar-refractivity contribution in [2.45, 2.75) is 51.7 Å². The number of likely N-dealkylation sites (tertiary alicyclic amines) is 1. The van der Waals surface area contributed by atoms with Crippen LogP contribution in [-0.2, 0) is 14.3 Å². The van der Waals surface area contributed by atoms with Crippen LogP contribution >= 0.6 is 0 Å². The first-order valence-corrected chi connectivity index (χ1v) is 6.95. The maximum absolute atomic E-state index is 12.0. The first kappa shape index (κ1) is 16.8. The molecule has 0 aromatic heterocycles. The molecule has 1 N–H and O–H groups in total. The van der Waals surface area contributed by atoms with Crippen LogP contribution in [0.2, 0.25) is 0 Å². The van der Waals surface area contributed by atoms with Crippen LogP contribution in [0, 0.1) is 5.92 Å². The van der Waals surface area contributed by atoms with Gasteiger partial charge in [0, 0.05) is 19.0 Å². The molecule has 0 spiro atoms. The number of carbonyl (C=O) groups is 2. The summed E-state index contributed by atoms with van der Waals surface area (Å²) in [4.78, 5) is 24.8. The third kappa shape index (κ3) is 5.36. The Labute approximate surface area is 120 Å². The highest BCUT2D eigenvalue weighted by molar-refractivity contribution is 5.70. The zero-order valence-electron chi connectivity index (χ0n) is 12.7. The number of nitrogens with zero attached hydrogens (tertiary/aromatic N) is 1. The van der Waals surface area contributed by atoms with Gasteiger partial charge in [0.1, 0.15) is 5.60 Å². The van der Waals surface area contributed by atoms with E-state index in [1.165, 1.54) is 7.11 Å². The molecule has 0 aromatic carbocycles. The highest BCUT2D eigenvalue weighted by Gasteiger charge is 2.31. The topological polar surface area (TPSA) is 76.1 Å². The minimum atomic E-state index is -0.785. The van der Waals surface area contributed by atoms with Gasteiger partial charge in [-0.15, -0.1) is 0 Å². The van der Waals surface area contributed by atoms with Crippen molar-refractivity contribution in [1.29, 1.82) is 0 Å². The van der Waals surface area contributed by atoms with E-state index in [-0.39, 0.29) is 18.4 Å². The number of methoxy groups -OCH3 is 1. The molecule has 1 fully saturated rings. The van der Waals surface area contributed by atoms with E-state index in [1.54, 1.807) is 4.90 Å². The number of amides is 1. The van der Waals surface area contributed by atoms with E-state index in [0.717, 1.165) is 12.8 Å². The molecule has 6 nitrogen and oxygen atoms in total. The van der Waals surface area contributed by atoms with E-state index in [1.807, 2.05) is 20.8 Å². The molecular formula is C14H25NO5. The molecule has 0 bridgehead atoms. The monoisotopic (exact) mass is 287 g/mol. The van der Waals surface area contributed by atoms with Crippen LogP contribution in [-0.4, -0.2) is 54.0 Å². The number of ether oxygens (including phenoxy) is 2. The van der Waals surface area contributed by atoms with E-state index in [0.29, 0.717) is 13.1 Å². The summed E-state index contributed by atoms with van der Waals surface area (Å²) in [5.41, 5.74) is -0.533. The smallest absolute Gasteiger partial charge is 0.410 e. The number of esters is 1. The van der Waals surface area contributed by atoms with Crippen LogP contribution < -0.4 is 0 Å². The molecule has 0 saturated carbocycles. The normalized spacial score (nSPS) is 21.2. The highest BCUT2D eigenvalue weighted by Crippen LogP contribution is 2.23. The second-order valence-corrected chi connectivity index (χ2v) is 6.18. The molecule has 1 unspecified atom stereocenters. The lowest BCUT2D eigenvalue weighted by atomic mass is 9.91. The summed E-state index contributed by atoms with van der Waals surface area (Å²) in [7, 11) is 1.29. The summed E-state index contributed by atoms with van der Waals surface area (Å²) in [6, 6.07) is 0. The van der Waals surface area contributed by atoms with Crippen LogP contribution in [0.1, 0.15) is 40.0 Å². The fourth-order valence-electron chi connectivity index (χ4n) is 2.24. The molecule has 1 aliphatic rings. The largest absolute Gasteiger partial charge is 0.469 e. The summed E-state index contributed by atoms with van der Waals surface area (Å²) in [6.45, 7) is 6.48. The van der Waals surface area contributed by atoms with Crippen molar-refractivity contribution in [3.8, 4) is 0 Å². The standard InChI is InChI=1S/C14H25NO5/c1-14(2,3)20-13(18)15-7-5-6-10(9-15)11(16)8-12(17)19-4/h10-11,16H,5-9H2,1-4H3/t10?,11-/m0/s1. The van der Waals surface area contributed by atoms with Gasteiger partial charge in [-0.2, -0.15) is 0 Å². The number of aliphatic hydroxyl groups is 1. The second-order valence-electron chi connectivity index (χ2n) is 6.18. The molecule has 1 saturated heterocycles. The van der Waals surface area contributed by atoms with E-state index < -0.39 is 17.7 Å². The lowest BCUT2D eigenvalue weighted by Crippen LogP contribution is -2.45. The van der Waals surface area contributed by atoms with E-state index in [2.05, 4.69) is 4.74 Å². The van der Waals surface area contributed by atoms with Crippen molar-refractivity contribution in [2.24, 2.45) is 5.92 Å². The minimum absolute atomic E-state index is 0.0384. The average molecular weight is 287 g/mol. The Bertz CT molecular complexity index is 350. The predicted molar refractivity (Wildman–Crippen MR) is 73.2 cm³/mol. The average Bonchev–Trinajstić information content (AvgIpc) is 2.36. The molecule has 0 radical (unpaired) electrons. The maximum atomic E-state index is 12.0. The molecule has 20 heavy (non-hydrogen) atoms. The van der Waals surface area contributed by atoms with Gasteiger partial charge >= 0.3 is 12.1 Å². The Morgan fingerprint density at radius 3 is 2.60 bits per heavy atom. The van der Waals surface area contributed by atoms with Crippen molar-refractivity contribution in [3.63, 3.8) is 0 Å². The van der Waals surface area contributed by atoms with Crippen molar-refractivity contribution in [2.75, 3.05) is 20.2 Å². The zero-order chi connectivity index (χ0) is 15.3. The fourth-order valence-corrected chi connectivity index (χ4v) is 2.24. The van der Waals surface area contributed by atoms with Crippen molar-refractivity contribution >= 4 is 12.1 Å². The summed E-state index contributed by atoms with van der Waals surface area (Å²) in [5, 5.41) is 10.0. The number of hydrogen-bond acceptors (Lipinski definition) is 5. The minimum Gasteiger partial charge on any atom is -0.469 e. The zero-order valence-corrected chi connectivity index (χ0v) is 12.7. The van der Waals surface area contributed by atoms with Gasteiger partial charge in [0.05, 0.1) is 19.6 Å². The van der Waals surface area contributed by atoms with Crippen LogP contribution in [0.15, 0.2) is 0 Å². The Morgan fingerprint density at radius 1 is 1.40 bits per heavy atom. The Kier molecular flexibility index (Phi) is 5.80. The van der Waals surface area contributed by atoms with Crippen molar-refractivity contribution < 1.29 is 24.2 Å². The van der Waals surface area contributed by atoms with Gasteiger partial charge in [0.2, 0.25) is 0 Å². The van der Waals surface area contributed by atoms with Gasteiger partial charge in [-0.3, -0.25) is 4.79 Å². The molecule has 116 valence electrons. The van der Waals surface area contributed by atoms with Gasteiger partial charge in [0.15, 0.2) is 0 Å². The van der Waals surface area contributed by atoms with Crippen LogP contribution in [0.25, 0.3) is 0 Å². The summed E-state index contributed by atoms with van der Waals surface area (Å²) < 4.78 is 9.87. The summed E-state index contributed by atoms with van der Waals surface area (Å²) in [6.07, 6.45) is 0.392.